The second kappa shape index (κ2) is 9.35. The third kappa shape index (κ3) is 5.00. The summed E-state index contributed by atoms with van der Waals surface area (Å²) in [4.78, 5) is 13.6. The van der Waals surface area contributed by atoms with Crippen molar-refractivity contribution >= 4 is 43.0 Å². The second-order valence-corrected chi connectivity index (χ2v) is 10.9. The average Bonchev–Trinajstić information content (AvgIpc) is 3.24. The number of hydrogen-bond donors (Lipinski definition) is 2. The quantitative estimate of drug-likeness (QED) is 0.488. The van der Waals surface area contributed by atoms with Gasteiger partial charge in [0.1, 0.15) is 5.75 Å². The number of carbonyl (C=O) groups excluding carboxylic acids is 1. The minimum Gasteiger partial charge on any atom is -0.495 e. The molecule has 0 unspecified atom stereocenters. The zero-order valence-corrected chi connectivity index (χ0v) is 19.9. The van der Waals surface area contributed by atoms with Crippen molar-refractivity contribution in [3.63, 3.8) is 0 Å². The van der Waals surface area contributed by atoms with Crippen molar-refractivity contribution < 1.29 is 26.4 Å². The van der Waals surface area contributed by atoms with Gasteiger partial charge in [-0.15, -0.1) is 0 Å². The zero-order chi connectivity index (χ0) is 24.3. The van der Waals surface area contributed by atoms with E-state index in [0.717, 1.165) is 0 Å². The third-order valence-corrected chi connectivity index (χ3v) is 8.04. The van der Waals surface area contributed by atoms with E-state index in [9.17, 15) is 21.6 Å². The smallest absolute Gasteiger partial charge is 0.261 e. The van der Waals surface area contributed by atoms with E-state index >= 15 is 0 Å². The van der Waals surface area contributed by atoms with Crippen LogP contribution in [0.5, 0.6) is 5.75 Å². The van der Waals surface area contributed by atoms with E-state index in [1.165, 1.54) is 54.5 Å². The minimum atomic E-state index is -4.01. The van der Waals surface area contributed by atoms with Gasteiger partial charge in [0.2, 0.25) is 5.91 Å². The van der Waals surface area contributed by atoms with Crippen molar-refractivity contribution in [2.24, 2.45) is 0 Å². The summed E-state index contributed by atoms with van der Waals surface area (Å²) in [6, 6.07) is 18.1. The molecule has 0 radical (unpaired) electrons. The van der Waals surface area contributed by atoms with Gasteiger partial charge in [0.25, 0.3) is 20.0 Å². The molecule has 1 saturated heterocycles. The first-order chi connectivity index (χ1) is 16.2. The van der Waals surface area contributed by atoms with E-state index in [1.807, 2.05) is 0 Å². The highest BCUT2D eigenvalue weighted by molar-refractivity contribution is 7.93. The van der Waals surface area contributed by atoms with Crippen LogP contribution in [0.2, 0.25) is 0 Å². The number of anilines is 3. The van der Waals surface area contributed by atoms with Gasteiger partial charge in [-0.05, 0) is 61.0 Å². The number of hydrogen-bond acceptors (Lipinski definition) is 6. The first-order valence-electron chi connectivity index (χ1n) is 10.4. The van der Waals surface area contributed by atoms with Gasteiger partial charge in [-0.3, -0.25) is 14.2 Å². The second-order valence-electron chi connectivity index (χ2n) is 7.58. The highest BCUT2D eigenvalue weighted by Gasteiger charge is 2.26. The topological polar surface area (TPSA) is 122 Å². The van der Waals surface area contributed by atoms with E-state index < -0.39 is 20.0 Å². The first-order valence-corrected chi connectivity index (χ1v) is 13.4. The van der Waals surface area contributed by atoms with Crippen LogP contribution in [0.3, 0.4) is 0 Å². The molecule has 3 aromatic carbocycles. The van der Waals surface area contributed by atoms with Crippen molar-refractivity contribution in [1.82, 2.24) is 0 Å². The third-order valence-electron chi connectivity index (χ3n) is 5.27. The van der Waals surface area contributed by atoms with E-state index in [2.05, 4.69) is 9.44 Å². The predicted molar refractivity (Wildman–Crippen MR) is 129 cm³/mol. The minimum absolute atomic E-state index is 0.0152. The molecule has 178 valence electrons. The number of sulfonamides is 2. The van der Waals surface area contributed by atoms with Crippen LogP contribution in [0.4, 0.5) is 17.1 Å². The van der Waals surface area contributed by atoms with Crippen LogP contribution in [0.1, 0.15) is 12.8 Å². The number of para-hydroxylation sites is 1. The fraction of sp³-hybridized carbons (Fsp3) is 0.174. The van der Waals surface area contributed by atoms with Crippen LogP contribution in [-0.2, 0) is 24.8 Å². The lowest BCUT2D eigenvalue weighted by molar-refractivity contribution is -0.117. The SMILES string of the molecule is COc1ccc(S(=O)(=O)Nc2ccc(S(=O)(=O)Nc3ccccc3)cc2)cc1N1CCCC1=O. The standard InChI is InChI=1S/C23H23N3O6S2/c1-32-22-14-13-20(16-21(22)26-15-5-8-23(26)27)34(30,31)25-18-9-11-19(12-10-18)33(28,29)24-17-6-3-2-4-7-17/h2-4,6-7,9-14,16,24-25H,5,8,15H2,1H3. The van der Waals surface area contributed by atoms with Crippen molar-refractivity contribution in [2.75, 3.05) is 28.0 Å². The molecule has 4 rings (SSSR count). The summed E-state index contributed by atoms with van der Waals surface area (Å²) in [5, 5.41) is 0. The summed E-state index contributed by atoms with van der Waals surface area (Å²) < 4.78 is 61.3. The normalized spacial score (nSPS) is 14.1. The van der Waals surface area contributed by atoms with Crippen LogP contribution in [0.15, 0.2) is 82.6 Å². The molecule has 0 atom stereocenters. The molecule has 2 N–H and O–H groups in total. The predicted octanol–water partition coefficient (Wildman–Crippen LogP) is 3.42. The molecule has 9 nitrogen and oxygen atoms in total. The number of rotatable bonds is 8. The van der Waals surface area contributed by atoms with Gasteiger partial charge in [-0.25, -0.2) is 16.8 Å². The molecular formula is C23H23N3O6S2. The monoisotopic (exact) mass is 501 g/mol. The highest BCUT2D eigenvalue weighted by Crippen LogP contribution is 2.34. The molecule has 1 aliphatic heterocycles. The van der Waals surface area contributed by atoms with Gasteiger partial charge in [0.15, 0.2) is 0 Å². The number of ether oxygens (including phenoxy) is 1. The Balaban J connectivity index is 1.55. The van der Waals surface area contributed by atoms with Gasteiger partial charge in [-0.1, -0.05) is 18.2 Å². The van der Waals surface area contributed by atoms with Crippen LogP contribution in [-0.4, -0.2) is 36.4 Å². The Morgan fingerprint density at radius 1 is 0.794 bits per heavy atom. The van der Waals surface area contributed by atoms with Crippen LogP contribution in [0, 0.1) is 0 Å². The lowest BCUT2D eigenvalue weighted by Crippen LogP contribution is -2.25. The van der Waals surface area contributed by atoms with Gasteiger partial charge in [0, 0.05) is 24.3 Å². The molecule has 34 heavy (non-hydrogen) atoms. The van der Waals surface area contributed by atoms with Crippen molar-refractivity contribution in [3.8, 4) is 5.75 Å². The number of nitrogens with zero attached hydrogens (tertiary/aromatic N) is 1. The van der Waals surface area contributed by atoms with Crippen molar-refractivity contribution in [2.45, 2.75) is 22.6 Å². The summed E-state index contributed by atoms with van der Waals surface area (Å²) in [6.07, 6.45) is 1.08. The maximum atomic E-state index is 13.0. The molecule has 1 aliphatic rings. The van der Waals surface area contributed by atoms with Crippen LogP contribution < -0.4 is 19.1 Å². The average molecular weight is 502 g/mol. The molecule has 0 bridgehead atoms. The van der Waals surface area contributed by atoms with Gasteiger partial charge in [-0.2, -0.15) is 0 Å². The molecule has 0 spiro atoms. The lowest BCUT2D eigenvalue weighted by Gasteiger charge is -2.20. The van der Waals surface area contributed by atoms with Crippen LogP contribution in [0.25, 0.3) is 0 Å². The van der Waals surface area contributed by atoms with E-state index in [-0.39, 0.29) is 21.4 Å². The molecule has 3 aromatic rings. The highest BCUT2D eigenvalue weighted by atomic mass is 32.2. The summed E-state index contributed by atoms with van der Waals surface area (Å²) >= 11 is 0. The Morgan fingerprint density at radius 2 is 1.38 bits per heavy atom. The Morgan fingerprint density at radius 3 is 1.97 bits per heavy atom. The van der Waals surface area contributed by atoms with Crippen molar-refractivity contribution in [3.05, 3.63) is 72.8 Å². The summed E-state index contributed by atoms with van der Waals surface area (Å²) in [5.41, 5.74) is 0.994. The number of benzene rings is 3. The lowest BCUT2D eigenvalue weighted by atomic mass is 10.2. The molecule has 1 amide bonds. The number of amides is 1. The molecule has 0 aromatic heterocycles. The molecule has 0 aliphatic carbocycles. The number of nitrogens with one attached hydrogen (secondary N) is 2. The van der Waals surface area contributed by atoms with Gasteiger partial charge < -0.3 is 9.64 Å². The first kappa shape index (κ1) is 23.6. The number of methoxy groups -OCH3 is 1. The molecule has 0 saturated carbocycles. The fourth-order valence-corrected chi connectivity index (χ4v) is 5.72. The fourth-order valence-electron chi connectivity index (χ4n) is 3.59. The summed E-state index contributed by atoms with van der Waals surface area (Å²) in [6.45, 7) is 0.485. The zero-order valence-electron chi connectivity index (χ0n) is 18.3. The van der Waals surface area contributed by atoms with E-state index in [0.29, 0.717) is 36.5 Å². The Bertz CT molecular complexity index is 1410. The van der Waals surface area contributed by atoms with Crippen molar-refractivity contribution in [1.29, 1.82) is 0 Å². The van der Waals surface area contributed by atoms with E-state index in [1.54, 1.807) is 30.3 Å². The Hall–Kier alpha value is -3.57. The molecule has 1 fully saturated rings. The van der Waals surface area contributed by atoms with Gasteiger partial charge in [0.05, 0.1) is 22.6 Å². The van der Waals surface area contributed by atoms with E-state index in [4.69, 9.17) is 4.74 Å². The largest absolute Gasteiger partial charge is 0.495 e. The Labute approximate surface area is 198 Å². The molecular weight excluding hydrogens is 478 g/mol. The maximum absolute atomic E-state index is 13.0. The summed E-state index contributed by atoms with van der Waals surface area (Å²) in [7, 11) is -6.39. The Kier molecular flexibility index (Phi) is 6.49. The number of carbonyl (C=O) groups is 1. The molecule has 1 heterocycles. The van der Waals surface area contributed by atoms with Gasteiger partial charge >= 0.3 is 0 Å². The molecule has 11 heteroatoms. The summed E-state index contributed by atoms with van der Waals surface area (Å²) in [5.74, 6) is 0.302. The maximum Gasteiger partial charge on any atom is 0.261 e. The van der Waals surface area contributed by atoms with Crippen LogP contribution >= 0.6 is 0 Å².